The van der Waals surface area contributed by atoms with E-state index in [2.05, 4.69) is 20.8 Å². The second-order valence-corrected chi connectivity index (χ2v) is 8.03. The van der Waals surface area contributed by atoms with E-state index in [0.29, 0.717) is 17.2 Å². The minimum atomic E-state index is 0.0703. The summed E-state index contributed by atoms with van der Waals surface area (Å²) in [6, 6.07) is 0. The van der Waals surface area contributed by atoms with Crippen molar-refractivity contribution < 1.29 is 9.90 Å². The van der Waals surface area contributed by atoms with Crippen molar-refractivity contribution in [3.63, 3.8) is 0 Å². The standard InChI is InChI=1S/C18H33NO2/c1-4-18(14-20)9-11-19(12-10-18)16(21)13-15-7-5-6-8-17(15,2)3/h15,20H,4-14H2,1-3H3. The first kappa shape index (κ1) is 16.8. The highest BCUT2D eigenvalue weighted by Gasteiger charge is 2.37. The Hall–Kier alpha value is -0.570. The molecule has 21 heavy (non-hydrogen) atoms. The zero-order chi connectivity index (χ0) is 15.5. The molecular formula is C18H33NO2. The van der Waals surface area contributed by atoms with Crippen LogP contribution in [0.2, 0.25) is 0 Å². The third-order valence-electron chi connectivity index (χ3n) is 6.41. The van der Waals surface area contributed by atoms with E-state index < -0.39 is 0 Å². The molecule has 0 aromatic rings. The minimum Gasteiger partial charge on any atom is -0.396 e. The van der Waals surface area contributed by atoms with Gasteiger partial charge in [-0.1, -0.05) is 33.6 Å². The second kappa shape index (κ2) is 6.68. The van der Waals surface area contributed by atoms with Gasteiger partial charge < -0.3 is 10.0 Å². The third-order valence-corrected chi connectivity index (χ3v) is 6.41. The number of likely N-dealkylation sites (tertiary alicyclic amines) is 1. The molecule has 1 aliphatic carbocycles. The fourth-order valence-corrected chi connectivity index (χ4v) is 4.14. The Labute approximate surface area is 130 Å². The van der Waals surface area contributed by atoms with E-state index >= 15 is 0 Å². The smallest absolute Gasteiger partial charge is 0.222 e. The van der Waals surface area contributed by atoms with Gasteiger partial charge in [0, 0.05) is 26.1 Å². The van der Waals surface area contributed by atoms with Gasteiger partial charge in [-0.3, -0.25) is 4.79 Å². The highest BCUT2D eigenvalue weighted by molar-refractivity contribution is 5.76. The molecule has 1 saturated carbocycles. The van der Waals surface area contributed by atoms with Gasteiger partial charge in [-0.25, -0.2) is 0 Å². The molecule has 1 atom stereocenters. The van der Waals surface area contributed by atoms with Gasteiger partial charge >= 0.3 is 0 Å². The van der Waals surface area contributed by atoms with E-state index in [4.69, 9.17) is 0 Å². The van der Waals surface area contributed by atoms with Crippen molar-refractivity contribution >= 4 is 5.91 Å². The summed E-state index contributed by atoms with van der Waals surface area (Å²) >= 11 is 0. The molecule has 0 bridgehead atoms. The number of aliphatic hydroxyl groups is 1. The molecule has 2 aliphatic rings. The van der Waals surface area contributed by atoms with Crippen molar-refractivity contribution in [3.05, 3.63) is 0 Å². The first-order valence-corrected chi connectivity index (χ1v) is 8.81. The maximum Gasteiger partial charge on any atom is 0.222 e. The topological polar surface area (TPSA) is 40.5 Å². The number of hydrogen-bond donors (Lipinski definition) is 1. The van der Waals surface area contributed by atoms with Crippen LogP contribution in [0.3, 0.4) is 0 Å². The molecule has 0 aromatic carbocycles. The summed E-state index contributed by atoms with van der Waals surface area (Å²) in [5, 5.41) is 9.59. The van der Waals surface area contributed by atoms with E-state index in [1.807, 2.05) is 4.90 Å². The van der Waals surface area contributed by atoms with Gasteiger partial charge in [0.2, 0.25) is 5.91 Å². The Kier molecular flexibility index (Phi) is 5.34. The van der Waals surface area contributed by atoms with Crippen LogP contribution >= 0.6 is 0 Å². The van der Waals surface area contributed by atoms with Crippen LogP contribution in [0.15, 0.2) is 0 Å². The number of amides is 1. The Morgan fingerprint density at radius 3 is 2.38 bits per heavy atom. The van der Waals surface area contributed by atoms with Gasteiger partial charge in [0.25, 0.3) is 0 Å². The van der Waals surface area contributed by atoms with Gasteiger partial charge in [0.15, 0.2) is 0 Å². The summed E-state index contributed by atoms with van der Waals surface area (Å²) in [6.07, 6.45) is 8.73. The molecule has 1 amide bonds. The molecule has 2 rings (SSSR count). The van der Waals surface area contributed by atoms with Gasteiger partial charge in [-0.15, -0.1) is 0 Å². The highest BCUT2D eigenvalue weighted by Crippen LogP contribution is 2.43. The molecule has 1 N–H and O–H groups in total. The Morgan fingerprint density at radius 1 is 1.19 bits per heavy atom. The molecule has 1 saturated heterocycles. The Morgan fingerprint density at radius 2 is 1.86 bits per heavy atom. The molecule has 1 unspecified atom stereocenters. The lowest BCUT2D eigenvalue weighted by atomic mass is 9.67. The molecule has 122 valence electrons. The number of nitrogens with zero attached hydrogens (tertiary/aromatic N) is 1. The molecule has 1 heterocycles. The molecule has 0 aromatic heterocycles. The quantitative estimate of drug-likeness (QED) is 0.861. The molecule has 2 fully saturated rings. The van der Waals surface area contributed by atoms with Crippen molar-refractivity contribution in [1.82, 2.24) is 4.90 Å². The average Bonchev–Trinajstić information content (AvgIpc) is 2.49. The molecule has 0 spiro atoms. The number of carbonyl (C=O) groups is 1. The van der Waals surface area contributed by atoms with Crippen LogP contribution in [0.1, 0.15) is 72.1 Å². The van der Waals surface area contributed by atoms with Crippen LogP contribution in [0, 0.1) is 16.7 Å². The number of aliphatic hydroxyl groups excluding tert-OH is 1. The number of carbonyl (C=O) groups excluding carboxylic acids is 1. The lowest BCUT2D eigenvalue weighted by molar-refractivity contribution is -0.136. The Balaban J connectivity index is 1.87. The lowest BCUT2D eigenvalue weighted by Crippen LogP contribution is -2.45. The lowest BCUT2D eigenvalue weighted by Gasteiger charge is -2.42. The first-order valence-electron chi connectivity index (χ1n) is 8.81. The van der Waals surface area contributed by atoms with Crippen LogP contribution < -0.4 is 0 Å². The maximum absolute atomic E-state index is 12.6. The minimum absolute atomic E-state index is 0.0703. The second-order valence-electron chi connectivity index (χ2n) is 8.03. The normalized spacial score (nSPS) is 28.4. The van der Waals surface area contributed by atoms with E-state index in [0.717, 1.165) is 38.8 Å². The molecule has 3 nitrogen and oxygen atoms in total. The van der Waals surface area contributed by atoms with E-state index in [-0.39, 0.29) is 12.0 Å². The average molecular weight is 295 g/mol. The number of rotatable bonds is 4. The molecular weight excluding hydrogens is 262 g/mol. The summed E-state index contributed by atoms with van der Waals surface area (Å²) < 4.78 is 0. The van der Waals surface area contributed by atoms with Crippen LogP contribution in [-0.4, -0.2) is 35.6 Å². The highest BCUT2D eigenvalue weighted by atomic mass is 16.3. The summed E-state index contributed by atoms with van der Waals surface area (Å²) in [7, 11) is 0. The van der Waals surface area contributed by atoms with Crippen molar-refractivity contribution in [2.75, 3.05) is 19.7 Å². The number of piperidine rings is 1. The monoisotopic (exact) mass is 295 g/mol. The van der Waals surface area contributed by atoms with Crippen molar-refractivity contribution in [1.29, 1.82) is 0 Å². The van der Waals surface area contributed by atoms with Crippen molar-refractivity contribution in [2.45, 2.75) is 72.1 Å². The summed E-state index contributed by atoms with van der Waals surface area (Å²) in [5.41, 5.74) is 0.392. The zero-order valence-electron chi connectivity index (χ0n) is 14.2. The maximum atomic E-state index is 12.6. The fourth-order valence-electron chi connectivity index (χ4n) is 4.14. The van der Waals surface area contributed by atoms with E-state index in [1.54, 1.807) is 0 Å². The summed E-state index contributed by atoms with van der Waals surface area (Å²) in [6.45, 7) is 8.74. The predicted molar refractivity (Wildman–Crippen MR) is 86.0 cm³/mol. The van der Waals surface area contributed by atoms with Crippen LogP contribution in [0.4, 0.5) is 0 Å². The summed E-state index contributed by atoms with van der Waals surface area (Å²) in [5.74, 6) is 0.895. The van der Waals surface area contributed by atoms with Gasteiger partial charge in [-0.05, 0) is 48.9 Å². The number of hydrogen-bond acceptors (Lipinski definition) is 2. The summed E-state index contributed by atoms with van der Waals surface area (Å²) in [4.78, 5) is 14.7. The van der Waals surface area contributed by atoms with Gasteiger partial charge in [0.1, 0.15) is 0 Å². The fraction of sp³-hybridized carbons (Fsp3) is 0.944. The van der Waals surface area contributed by atoms with Crippen molar-refractivity contribution in [2.24, 2.45) is 16.7 Å². The SMILES string of the molecule is CCC1(CO)CCN(C(=O)CC2CCCCC2(C)C)CC1. The largest absolute Gasteiger partial charge is 0.396 e. The first-order chi connectivity index (χ1) is 9.92. The zero-order valence-corrected chi connectivity index (χ0v) is 14.2. The van der Waals surface area contributed by atoms with Crippen LogP contribution in [0.5, 0.6) is 0 Å². The predicted octanol–water partition coefficient (Wildman–Crippen LogP) is 3.60. The Bertz CT molecular complexity index is 350. The van der Waals surface area contributed by atoms with Crippen LogP contribution in [-0.2, 0) is 4.79 Å². The molecule has 3 heteroatoms. The van der Waals surface area contributed by atoms with Gasteiger partial charge in [0.05, 0.1) is 0 Å². The van der Waals surface area contributed by atoms with E-state index in [9.17, 15) is 9.90 Å². The third kappa shape index (κ3) is 3.80. The van der Waals surface area contributed by atoms with Gasteiger partial charge in [-0.2, -0.15) is 0 Å². The van der Waals surface area contributed by atoms with Crippen molar-refractivity contribution in [3.8, 4) is 0 Å². The van der Waals surface area contributed by atoms with Crippen LogP contribution in [0.25, 0.3) is 0 Å². The molecule has 0 radical (unpaired) electrons. The van der Waals surface area contributed by atoms with E-state index in [1.165, 1.54) is 25.7 Å². The molecule has 1 aliphatic heterocycles.